The second kappa shape index (κ2) is 15.1. The first-order chi connectivity index (χ1) is 22.8. The van der Waals surface area contributed by atoms with Crippen molar-refractivity contribution >= 4 is 39.8 Å². The first kappa shape index (κ1) is 41.1. The molecule has 1 saturated heterocycles. The summed E-state index contributed by atoms with van der Waals surface area (Å²) >= 11 is 3.50. The Labute approximate surface area is 304 Å². The molecule has 0 radical (unpaired) electrons. The monoisotopic (exact) mass is 759 g/mol. The van der Waals surface area contributed by atoms with Gasteiger partial charge in [0.05, 0.1) is 45.3 Å². The number of pyridine rings is 1. The summed E-state index contributed by atoms with van der Waals surface area (Å²) in [5.74, 6) is -5.18. The molecular formula is C39H54BrNO9. The number of carboxylic acids is 3. The lowest BCUT2D eigenvalue weighted by molar-refractivity contribution is -0.199. The van der Waals surface area contributed by atoms with Gasteiger partial charge in [-0.2, -0.15) is 0 Å². The molecule has 0 spiro atoms. The highest BCUT2D eigenvalue weighted by Gasteiger charge is 2.53. The molecule has 1 aromatic carbocycles. The van der Waals surface area contributed by atoms with E-state index < -0.39 is 75.5 Å². The van der Waals surface area contributed by atoms with E-state index in [1.165, 1.54) is 0 Å². The number of aryl methyl sites for hydroxylation is 2. The van der Waals surface area contributed by atoms with Crippen LogP contribution in [0.3, 0.4) is 0 Å². The number of aliphatic carboxylic acids is 3. The molecule has 0 bridgehead atoms. The van der Waals surface area contributed by atoms with Gasteiger partial charge >= 0.3 is 23.9 Å². The number of carbonyl (C=O) groups excluding carboxylic acids is 1. The molecule has 0 aliphatic carbocycles. The molecule has 1 fully saturated rings. The SMILES string of the molecule is Cc1cc(-c2ccc(Br)c(C)n2)ccc1[C@@H]1O[C@@H](COC(=O)C(C)(C)C)[C@H](CC(C)(C)C(=O)O)[C@H](CC(C)(C)C(=O)O)[C@H]1CC(C)(C)C(=O)O. The molecule has 0 saturated carbocycles. The molecule has 276 valence electrons. The Morgan fingerprint density at radius 3 is 1.72 bits per heavy atom. The summed E-state index contributed by atoms with van der Waals surface area (Å²) in [4.78, 5) is 55.5. The van der Waals surface area contributed by atoms with Crippen molar-refractivity contribution in [2.45, 2.75) is 108 Å². The number of benzene rings is 1. The van der Waals surface area contributed by atoms with Crippen LogP contribution >= 0.6 is 15.9 Å². The van der Waals surface area contributed by atoms with Gasteiger partial charge in [0.2, 0.25) is 0 Å². The number of carbonyl (C=O) groups is 4. The second-order valence-corrected chi connectivity index (χ2v) is 17.8. The Balaban J connectivity index is 2.30. The smallest absolute Gasteiger partial charge is 0.311 e. The fraction of sp³-hybridized carbons (Fsp3) is 0.615. The maximum Gasteiger partial charge on any atom is 0.311 e. The van der Waals surface area contributed by atoms with Gasteiger partial charge in [-0.1, -0.05) is 12.1 Å². The zero-order valence-electron chi connectivity index (χ0n) is 31.2. The van der Waals surface area contributed by atoms with Crippen molar-refractivity contribution in [3.05, 3.63) is 51.6 Å². The Kier molecular flexibility index (Phi) is 12.4. The zero-order chi connectivity index (χ0) is 38.1. The van der Waals surface area contributed by atoms with E-state index in [1.807, 2.05) is 44.2 Å². The van der Waals surface area contributed by atoms with E-state index in [1.54, 1.807) is 62.3 Å². The molecule has 5 atom stereocenters. The Hall–Kier alpha value is -3.31. The van der Waals surface area contributed by atoms with Crippen molar-refractivity contribution in [2.75, 3.05) is 6.61 Å². The molecule has 2 heterocycles. The number of carboxylic acid groups (broad SMARTS) is 3. The third kappa shape index (κ3) is 9.51. The molecular weight excluding hydrogens is 706 g/mol. The maximum atomic E-state index is 13.0. The number of hydrogen-bond donors (Lipinski definition) is 3. The van der Waals surface area contributed by atoms with Crippen LogP contribution in [0.5, 0.6) is 0 Å². The highest BCUT2D eigenvalue weighted by molar-refractivity contribution is 9.10. The van der Waals surface area contributed by atoms with Gasteiger partial charge in [0.1, 0.15) is 6.61 Å². The van der Waals surface area contributed by atoms with Gasteiger partial charge in [-0.25, -0.2) is 0 Å². The number of halogens is 1. The van der Waals surface area contributed by atoms with Crippen LogP contribution in [0, 0.1) is 53.3 Å². The standard InChI is InChI=1S/C39H54BrNO9/c1-21-16-23(29-15-14-28(40)22(2)41-29)12-13-24(21)31-27(19-39(10,11)34(46)47)25(17-37(6,7)32(42)43)26(18-38(8,9)33(44)45)30(50-31)20-49-35(48)36(3,4)5/h12-16,25-27,30-31H,17-20H2,1-11H3,(H,42,43)(H,44,45)(H,46,47)/t25-,26+,27+,30-,31-/m0/s1. The van der Waals surface area contributed by atoms with Crippen LogP contribution < -0.4 is 0 Å². The lowest BCUT2D eigenvalue weighted by Crippen LogP contribution is -2.51. The van der Waals surface area contributed by atoms with Gasteiger partial charge in [-0.05, 0) is 158 Å². The van der Waals surface area contributed by atoms with Crippen LogP contribution in [0.1, 0.15) is 105 Å². The topological polar surface area (TPSA) is 160 Å². The van der Waals surface area contributed by atoms with Crippen molar-refractivity contribution in [1.29, 1.82) is 0 Å². The molecule has 50 heavy (non-hydrogen) atoms. The first-order valence-electron chi connectivity index (χ1n) is 17.1. The number of aromatic nitrogens is 1. The van der Waals surface area contributed by atoms with Crippen molar-refractivity contribution < 1.29 is 44.0 Å². The highest BCUT2D eigenvalue weighted by atomic mass is 79.9. The van der Waals surface area contributed by atoms with E-state index in [9.17, 15) is 34.5 Å². The summed E-state index contributed by atoms with van der Waals surface area (Å²) < 4.78 is 13.7. The summed E-state index contributed by atoms with van der Waals surface area (Å²) in [5.41, 5.74) is -0.411. The number of esters is 1. The van der Waals surface area contributed by atoms with Gasteiger partial charge in [0, 0.05) is 10.0 Å². The molecule has 1 aliphatic heterocycles. The van der Waals surface area contributed by atoms with Gasteiger partial charge in [-0.3, -0.25) is 24.2 Å². The first-order valence-corrected chi connectivity index (χ1v) is 17.8. The van der Waals surface area contributed by atoms with E-state index >= 15 is 0 Å². The summed E-state index contributed by atoms with van der Waals surface area (Å²) in [6, 6.07) is 9.73. The maximum absolute atomic E-state index is 13.0. The minimum atomic E-state index is -1.25. The lowest BCUT2D eigenvalue weighted by atomic mass is 9.59. The van der Waals surface area contributed by atoms with Crippen LogP contribution in [-0.2, 0) is 28.7 Å². The Morgan fingerprint density at radius 1 is 0.760 bits per heavy atom. The van der Waals surface area contributed by atoms with Crippen molar-refractivity contribution in [3.63, 3.8) is 0 Å². The third-order valence-corrected chi connectivity index (χ3v) is 11.0. The molecule has 10 nitrogen and oxygen atoms in total. The van der Waals surface area contributed by atoms with Crippen LogP contribution in [0.25, 0.3) is 11.3 Å². The van der Waals surface area contributed by atoms with Crippen LogP contribution in [0.15, 0.2) is 34.8 Å². The second-order valence-electron chi connectivity index (χ2n) is 16.9. The normalized spacial score (nSPS) is 21.8. The van der Waals surface area contributed by atoms with E-state index in [-0.39, 0.29) is 25.9 Å². The molecule has 11 heteroatoms. The van der Waals surface area contributed by atoms with Crippen LogP contribution in [0.2, 0.25) is 0 Å². The molecule has 1 aromatic heterocycles. The van der Waals surface area contributed by atoms with E-state index in [0.717, 1.165) is 32.6 Å². The van der Waals surface area contributed by atoms with Crippen LogP contribution in [0.4, 0.5) is 0 Å². The molecule has 3 rings (SSSR count). The Bertz CT molecular complexity index is 1610. The minimum Gasteiger partial charge on any atom is -0.481 e. The minimum absolute atomic E-state index is 0.0870. The zero-order valence-corrected chi connectivity index (χ0v) is 32.8. The van der Waals surface area contributed by atoms with Crippen molar-refractivity contribution in [2.24, 2.45) is 39.4 Å². The predicted octanol–water partition coefficient (Wildman–Crippen LogP) is 8.51. The van der Waals surface area contributed by atoms with E-state index in [2.05, 4.69) is 15.9 Å². The summed E-state index contributed by atoms with van der Waals surface area (Å²) in [5, 5.41) is 30.9. The van der Waals surface area contributed by atoms with Crippen molar-refractivity contribution in [1.82, 2.24) is 4.98 Å². The van der Waals surface area contributed by atoms with E-state index in [0.29, 0.717) is 0 Å². The summed E-state index contributed by atoms with van der Waals surface area (Å²) in [7, 11) is 0. The molecule has 0 amide bonds. The average Bonchev–Trinajstić information content (AvgIpc) is 2.98. The largest absolute Gasteiger partial charge is 0.481 e. The summed E-state index contributed by atoms with van der Waals surface area (Å²) in [6.45, 7) is 18.6. The van der Waals surface area contributed by atoms with Gasteiger partial charge < -0.3 is 24.8 Å². The average molecular weight is 761 g/mol. The molecule has 1 aliphatic rings. The predicted molar refractivity (Wildman–Crippen MR) is 193 cm³/mol. The molecule has 0 unspecified atom stereocenters. The highest BCUT2D eigenvalue weighted by Crippen LogP contribution is 2.54. The van der Waals surface area contributed by atoms with Gasteiger partial charge in [-0.15, -0.1) is 0 Å². The molecule has 2 aromatic rings. The van der Waals surface area contributed by atoms with Crippen LogP contribution in [-0.4, -0.2) is 56.9 Å². The van der Waals surface area contributed by atoms with Gasteiger partial charge in [0.25, 0.3) is 0 Å². The lowest BCUT2D eigenvalue weighted by Gasteiger charge is -2.51. The molecule has 3 N–H and O–H groups in total. The fourth-order valence-corrected chi connectivity index (χ4v) is 7.00. The summed E-state index contributed by atoms with van der Waals surface area (Å²) in [6.07, 6.45) is -1.20. The van der Waals surface area contributed by atoms with E-state index in [4.69, 9.17) is 14.5 Å². The third-order valence-electron chi connectivity index (χ3n) is 10.1. The quantitative estimate of drug-likeness (QED) is 0.169. The number of nitrogens with zero attached hydrogens (tertiary/aromatic N) is 1. The van der Waals surface area contributed by atoms with Crippen molar-refractivity contribution in [3.8, 4) is 11.3 Å². The number of rotatable bonds is 13. The number of ether oxygens (including phenoxy) is 2. The van der Waals surface area contributed by atoms with Gasteiger partial charge in [0.15, 0.2) is 0 Å². The fourth-order valence-electron chi connectivity index (χ4n) is 6.78. The Morgan fingerprint density at radius 2 is 1.26 bits per heavy atom. The number of hydrogen-bond acceptors (Lipinski definition) is 7.